The second kappa shape index (κ2) is 19.0. The Morgan fingerprint density at radius 2 is 1.23 bits per heavy atom. The van der Waals surface area contributed by atoms with Gasteiger partial charge >= 0.3 is 0 Å². The van der Waals surface area contributed by atoms with Crippen molar-refractivity contribution in [3.8, 4) is 67.5 Å². The van der Waals surface area contributed by atoms with E-state index in [0.717, 1.165) is 109 Å². The van der Waals surface area contributed by atoms with E-state index in [0.29, 0.717) is 11.4 Å². The van der Waals surface area contributed by atoms with Gasteiger partial charge < -0.3 is 5.11 Å². The van der Waals surface area contributed by atoms with Crippen LogP contribution < -0.4 is 0 Å². The summed E-state index contributed by atoms with van der Waals surface area (Å²) in [4.78, 5) is 10.6. The van der Waals surface area contributed by atoms with Gasteiger partial charge in [0.2, 0.25) is 0 Å². The molecule has 4 nitrogen and oxygen atoms in total. The minimum absolute atomic E-state index is 0. The van der Waals surface area contributed by atoms with Crippen molar-refractivity contribution in [2.45, 2.75) is 137 Å². The molecule has 1 aliphatic rings. The van der Waals surface area contributed by atoms with Crippen molar-refractivity contribution in [3.05, 3.63) is 167 Å². The molecule has 69 heavy (non-hydrogen) atoms. The third-order valence-corrected chi connectivity index (χ3v) is 13.9. The standard InChI is InChI=1S/C64H70N3O.Pt/c1-61(2,3)48-29-30-56(52(38-48)44-21-14-13-15-22-44)67-57-24-18-23-51(58(57)66-60(67)53-39-50(63(7,8)9)40-54(59(53)68)64(10,11)12)46-34-47(36-49(35-46)62(4,5)6)55-37-45(31-32-65-55)43-27-25-42(26-28-43)33-41-19-16-17-20-41;/h13-15,18,21-32,35-41,68H,16-17,19-20,33H2,1-12H3;/q-1;/i33D2;. The van der Waals surface area contributed by atoms with Crippen LogP contribution in [0.2, 0.25) is 0 Å². The molecule has 8 aromatic rings. The van der Waals surface area contributed by atoms with Gasteiger partial charge in [0.25, 0.3) is 0 Å². The number of fused-ring (bicyclic) bond motifs is 1. The summed E-state index contributed by atoms with van der Waals surface area (Å²) in [6, 6.07) is 48.6. The zero-order valence-corrected chi connectivity index (χ0v) is 45.0. The van der Waals surface area contributed by atoms with Crippen LogP contribution >= 0.6 is 0 Å². The number of pyridine rings is 1. The van der Waals surface area contributed by atoms with Crippen molar-refractivity contribution in [1.82, 2.24) is 14.5 Å². The summed E-state index contributed by atoms with van der Waals surface area (Å²) in [6.07, 6.45) is 4.62. The molecule has 9 rings (SSSR count). The van der Waals surface area contributed by atoms with Crippen LogP contribution in [0.15, 0.2) is 134 Å². The van der Waals surface area contributed by atoms with E-state index in [1.807, 2.05) is 24.4 Å². The van der Waals surface area contributed by atoms with Gasteiger partial charge in [-0.2, -0.15) is 0 Å². The van der Waals surface area contributed by atoms with Crippen molar-refractivity contribution in [1.29, 1.82) is 0 Å². The van der Waals surface area contributed by atoms with E-state index in [-0.39, 0.29) is 54.4 Å². The first-order chi connectivity index (χ1) is 32.9. The van der Waals surface area contributed by atoms with Crippen LogP contribution in [0.5, 0.6) is 5.75 Å². The number of hydrogen-bond acceptors (Lipinski definition) is 3. The molecular formula is C64H70N3OPt-. The van der Waals surface area contributed by atoms with Crippen molar-refractivity contribution in [2.24, 2.45) is 5.92 Å². The summed E-state index contributed by atoms with van der Waals surface area (Å²) in [7, 11) is 0. The maximum atomic E-state index is 12.6. The molecule has 0 amide bonds. The largest absolute Gasteiger partial charge is 0.507 e. The van der Waals surface area contributed by atoms with E-state index < -0.39 is 6.37 Å². The molecule has 1 saturated carbocycles. The number of phenols is 1. The predicted octanol–water partition coefficient (Wildman–Crippen LogP) is 17.2. The van der Waals surface area contributed by atoms with E-state index >= 15 is 0 Å². The van der Waals surface area contributed by atoms with Gasteiger partial charge in [0, 0.05) is 46.8 Å². The van der Waals surface area contributed by atoms with Gasteiger partial charge in [-0.1, -0.05) is 205 Å². The molecule has 358 valence electrons. The Kier molecular flexibility index (Phi) is 13.0. The number of benzene rings is 6. The minimum Gasteiger partial charge on any atom is -0.507 e. The van der Waals surface area contributed by atoms with E-state index in [4.69, 9.17) is 12.7 Å². The quantitative estimate of drug-likeness (QED) is 0.154. The Bertz CT molecular complexity index is 3230. The molecule has 0 atom stereocenters. The molecule has 0 spiro atoms. The predicted molar refractivity (Wildman–Crippen MR) is 287 cm³/mol. The average Bonchev–Trinajstić information content (AvgIpc) is 4.01. The fourth-order valence-electron chi connectivity index (χ4n) is 9.71. The maximum Gasteiger partial charge on any atom is 0.148 e. The van der Waals surface area contributed by atoms with Crippen LogP contribution in [0.25, 0.3) is 72.7 Å². The topological polar surface area (TPSA) is 50.9 Å². The Morgan fingerprint density at radius 1 is 0.594 bits per heavy atom. The summed E-state index contributed by atoms with van der Waals surface area (Å²) in [5.41, 5.74) is 15.4. The number of phenolic OH excluding ortho intramolecular Hbond substituents is 1. The van der Waals surface area contributed by atoms with Crippen molar-refractivity contribution in [2.75, 3.05) is 0 Å². The second-order valence-corrected chi connectivity index (χ2v) is 23.3. The molecule has 2 aromatic heterocycles. The molecule has 5 heteroatoms. The molecule has 1 N–H and O–H groups in total. The van der Waals surface area contributed by atoms with E-state index in [2.05, 4.69) is 203 Å². The van der Waals surface area contributed by atoms with Gasteiger partial charge in [-0.05, 0) is 97.7 Å². The molecule has 2 heterocycles. The fraction of sp³-hybridized carbons (Fsp3) is 0.344. The van der Waals surface area contributed by atoms with Crippen molar-refractivity contribution < 1.29 is 28.9 Å². The van der Waals surface area contributed by atoms with Gasteiger partial charge in [-0.25, -0.2) is 4.98 Å². The van der Waals surface area contributed by atoms with Crippen molar-refractivity contribution in [3.63, 3.8) is 0 Å². The molecule has 0 aliphatic heterocycles. The normalized spacial score (nSPS) is 14.4. The number of imidazole rings is 1. The number of hydrogen-bond donors (Lipinski definition) is 1. The summed E-state index contributed by atoms with van der Waals surface area (Å²) in [5, 5.41) is 12.6. The third-order valence-electron chi connectivity index (χ3n) is 13.9. The monoisotopic (exact) mass is 1090 g/mol. The van der Waals surface area contributed by atoms with Gasteiger partial charge in [-0.15, -0.1) is 29.3 Å². The Morgan fingerprint density at radius 3 is 1.88 bits per heavy atom. The summed E-state index contributed by atoms with van der Waals surface area (Å²) in [5.74, 6) is 0.973. The molecule has 6 aromatic carbocycles. The summed E-state index contributed by atoms with van der Waals surface area (Å²) in [6.45, 7) is 26.6. The first-order valence-corrected chi connectivity index (χ1v) is 24.7. The van der Waals surface area contributed by atoms with Crippen LogP contribution in [-0.4, -0.2) is 19.6 Å². The zero-order chi connectivity index (χ0) is 50.1. The minimum atomic E-state index is -1.34. The number of aromatic nitrogens is 3. The van der Waals surface area contributed by atoms with Crippen molar-refractivity contribution >= 4 is 11.0 Å². The smallest absolute Gasteiger partial charge is 0.148 e. The molecule has 0 radical (unpaired) electrons. The van der Waals surface area contributed by atoms with Gasteiger partial charge in [0.15, 0.2) is 0 Å². The molecule has 0 bridgehead atoms. The number of rotatable bonds is 8. The molecular weight excluding hydrogens is 1020 g/mol. The first kappa shape index (κ1) is 47.1. The molecule has 0 unspecified atom stereocenters. The first-order valence-electron chi connectivity index (χ1n) is 25.7. The van der Waals surface area contributed by atoms with Crippen LogP contribution in [-0.2, 0) is 49.1 Å². The molecule has 1 fully saturated rings. The van der Waals surface area contributed by atoms with Crippen LogP contribution in [0.3, 0.4) is 0 Å². The van der Waals surface area contributed by atoms with Crippen LogP contribution in [0, 0.1) is 12.0 Å². The zero-order valence-electron chi connectivity index (χ0n) is 44.7. The number of aromatic hydroxyl groups is 1. The van der Waals surface area contributed by atoms with Crippen LogP contribution in [0.4, 0.5) is 0 Å². The van der Waals surface area contributed by atoms with Gasteiger partial charge in [0.05, 0.1) is 22.3 Å². The van der Waals surface area contributed by atoms with Crippen LogP contribution in [0.1, 0.15) is 139 Å². The number of para-hydroxylation sites is 1. The van der Waals surface area contributed by atoms with Gasteiger partial charge in [0.1, 0.15) is 11.6 Å². The summed E-state index contributed by atoms with van der Waals surface area (Å²) < 4.78 is 20.2. The fourth-order valence-corrected chi connectivity index (χ4v) is 9.71. The Balaban J connectivity index is 0.00000676. The third kappa shape index (κ3) is 10.3. The average molecular weight is 1090 g/mol. The van der Waals surface area contributed by atoms with Gasteiger partial charge in [-0.3, -0.25) is 9.55 Å². The van der Waals surface area contributed by atoms with E-state index in [1.54, 1.807) is 0 Å². The molecule has 1 aliphatic carbocycles. The number of nitrogens with zero attached hydrogens (tertiary/aromatic N) is 3. The van der Waals surface area contributed by atoms with E-state index in [9.17, 15) is 5.11 Å². The Hall–Kier alpha value is -5.57. The maximum absolute atomic E-state index is 12.6. The SMILES string of the molecule is [2H]C([2H])(c1ccc(-c2ccnc(-c3[c-]c(-c4cccc5c4nc(-c4cc(C(C)(C)C)cc(C(C)(C)C)c4O)n5-c4ccc(C(C)(C)C)cc4-c4ccccc4)cc(C(C)(C)C)c3)c2)cc1)C1CCCC1.[Pt]. The molecule has 0 saturated heterocycles. The second-order valence-electron chi connectivity index (χ2n) is 23.3. The Labute approximate surface area is 429 Å². The van der Waals surface area contributed by atoms with E-state index in [1.165, 1.54) is 5.56 Å². The summed E-state index contributed by atoms with van der Waals surface area (Å²) >= 11 is 0.